The quantitative estimate of drug-likeness (QED) is 0.651. The Morgan fingerprint density at radius 3 is 2.70 bits per heavy atom. The van der Waals surface area contributed by atoms with Gasteiger partial charge in [-0.05, 0) is 43.7 Å². The van der Waals surface area contributed by atoms with Crippen LogP contribution in [0.5, 0.6) is 11.5 Å². The molecule has 2 heterocycles. The Morgan fingerprint density at radius 2 is 1.97 bits per heavy atom. The molecule has 1 aliphatic heterocycles. The Hall–Kier alpha value is -3.55. The summed E-state index contributed by atoms with van der Waals surface area (Å²) in [6.45, 7) is 4.52. The molecular formula is C22H25N5O3. The van der Waals surface area contributed by atoms with Crippen molar-refractivity contribution in [3.63, 3.8) is 0 Å². The molecule has 156 valence electrons. The molecule has 0 saturated carbocycles. The fourth-order valence-electron chi connectivity index (χ4n) is 3.89. The predicted molar refractivity (Wildman–Crippen MR) is 114 cm³/mol. The number of methoxy groups -OCH3 is 1. The number of hydrogen-bond donors (Lipinski definition) is 2. The van der Waals surface area contributed by atoms with Crippen molar-refractivity contribution in [2.24, 2.45) is 5.92 Å². The molecule has 0 bridgehead atoms. The maximum atomic E-state index is 13.4. The van der Waals surface area contributed by atoms with E-state index in [1.165, 1.54) is 6.33 Å². The minimum absolute atomic E-state index is 0.125. The summed E-state index contributed by atoms with van der Waals surface area (Å²) in [5.74, 6) is 1.49. The van der Waals surface area contributed by atoms with Gasteiger partial charge in [0.2, 0.25) is 11.9 Å². The first-order chi connectivity index (χ1) is 14.6. The fraction of sp³-hybridized carbons (Fsp3) is 0.318. The number of aromatic nitrogens is 3. The zero-order chi connectivity index (χ0) is 21.1. The van der Waals surface area contributed by atoms with Gasteiger partial charge in [0.25, 0.3) is 0 Å². The van der Waals surface area contributed by atoms with Gasteiger partial charge in [-0.3, -0.25) is 4.79 Å². The van der Waals surface area contributed by atoms with Gasteiger partial charge >= 0.3 is 0 Å². The van der Waals surface area contributed by atoms with Crippen molar-refractivity contribution in [2.75, 3.05) is 24.4 Å². The Balaban J connectivity index is 1.69. The molecule has 3 atom stereocenters. The number of carbonyl (C=O) groups excluding carboxylic acids is 1. The number of para-hydroxylation sites is 2. The van der Waals surface area contributed by atoms with Crippen molar-refractivity contribution in [3.05, 3.63) is 60.4 Å². The number of fused-ring (bicyclic) bond motifs is 1. The van der Waals surface area contributed by atoms with Crippen molar-refractivity contribution in [2.45, 2.75) is 25.9 Å². The average molecular weight is 407 g/mol. The van der Waals surface area contributed by atoms with Crippen LogP contribution in [0.15, 0.2) is 54.9 Å². The number of amides is 1. The lowest BCUT2D eigenvalue weighted by Gasteiger charge is -2.37. The van der Waals surface area contributed by atoms with E-state index in [4.69, 9.17) is 9.47 Å². The number of hydrogen-bond acceptors (Lipinski definition) is 6. The molecule has 4 rings (SSSR count). The molecule has 8 nitrogen and oxygen atoms in total. The van der Waals surface area contributed by atoms with E-state index in [0.29, 0.717) is 24.0 Å². The topological polar surface area (TPSA) is 90.3 Å². The number of nitrogens with one attached hydrogen (secondary N) is 2. The predicted octanol–water partition coefficient (Wildman–Crippen LogP) is 3.34. The van der Waals surface area contributed by atoms with Crippen LogP contribution in [0.3, 0.4) is 0 Å². The SMILES string of the molecule is CCOc1ccc([C@H]2[C@H](C(=O)Nc3ccccc3OC)[C@H](C)Nc3ncnn32)cc1. The second-order valence-corrected chi connectivity index (χ2v) is 7.12. The molecule has 2 aromatic carbocycles. The smallest absolute Gasteiger partial charge is 0.232 e. The third kappa shape index (κ3) is 3.68. The summed E-state index contributed by atoms with van der Waals surface area (Å²) < 4.78 is 12.7. The highest BCUT2D eigenvalue weighted by Crippen LogP contribution is 2.37. The van der Waals surface area contributed by atoms with Crippen LogP contribution >= 0.6 is 0 Å². The van der Waals surface area contributed by atoms with Gasteiger partial charge < -0.3 is 20.1 Å². The molecule has 0 unspecified atom stereocenters. The van der Waals surface area contributed by atoms with Crippen molar-refractivity contribution in [3.8, 4) is 11.5 Å². The van der Waals surface area contributed by atoms with E-state index < -0.39 is 5.92 Å². The van der Waals surface area contributed by atoms with Gasteiger partial charge in [0.15, 0.2) is 0 Å². The van der Waals surface area contributed by atoms with Crippen LogP contribution in [0.4, 0.5) is 11.6 Å². The van der Waals surface area contributed by atoms with E-state index >= 15 is 0 Å². The number of carbonyl (C=O) groups is 1. The lowest BCUT2D eigenvalue weighted by Crippen LogP contribution is -2.46. The Kier molecular flexibility index (Phi) is 5.56. The van der Waals surface area contributed by atoms with Crippen molar-refractivity contribution >= 4 is 17.5 Å². The second-order valence-electron chi connectivity index (χ2n) is 7.12. The molecule has 30 heavy (non-hydrogen) atoms. The van der Waals surface area contributed by atoms with E-state index in [1.807, 2.05) is 62.4 Å². The Bertz CT molecular complexity index is 1020. The monoisotopic (exact) mass is 407 g/mol. The Labute approximate surface area is 175 Å². The fourth-order valence-corrected chi connectivity index (χ4v) is 3.89. The summed E-state index contributed by atoms with van der Waals surface area (Å²) in [6, 6.07) is 14.7. The van der Waals surface area contributed by atoms with E-state index in [9.17, 15) is 4.79 Å². The average Bonchev–Trinajstić information content (AvgIpc) is 3.22. The molecule has 0 aliphatic carbocycles. The van der Waals surface area contributed by atoms with Crippen molar-refractivity contribution in [1.29, 1.82) is 0 Å². The number of anilines is 2. The van der Waals surface area contributed by atoms with Gasteiger partial charge in [-0.25, -0.2) is 4.68 Å². The highest BCUT2D eigenvalue weighted by Gasteiger charge is 2.41. The first kappa shape index (κ1) is 19.8. The van der Waals surface area contributed by atoms with E-state index in [-0.39, 0.29) is 18.0 Å². The van der Waals surface area contributed by atoms with E-state index in [1.54, 1.807) is 11.8 Å². The van der Waals surface area contributed by atoms with Crippen molar-refractivity contribution < 1.29 is 14.3 Å². The van der Waals surface area contributed by atoms with Crippen molar-refractivity contribution in [1.82, 2.24) is 14.8 Å². The molecule has 0 saturated heterocycles. The molecule has 2 N–H and O–H groups in total. The molecular weight excluding hydrogens is 382 g/mol. The molecule has 1 aliphatic rings. The largest absolute Gasteiger partial charge is 0.495 e. The van der Waals surface area contributed by atoms with Gasteiger partial charge in [-0.1, -0.05) is 24.3 Å². The minimum Gasteiger partial charge on any atom is -0.495 e. The summed E-state index contributed by atoms with van der Waals surface area (Å²) in [7, 11) is 1.58. The third-order valence-electron chi connectivity index (χ3n) is 5.27. The van der Waals surface area contributed by atoms with Gasteiger partial charge in [0, 0.05) is 6.04 Å². The highest BCUT2D eigenvalue weighted by molar-refractivity contribution is 5.95. The normalized spacial score (nSPS) is 20.0. The van der Waals surface area contributed by atoms with Gasteiger partial charge in [-0.15, -0.1) is 0 Å². The van der Waals surface area contributed by atoms with Crippen LogP contribution in [0.25, 0.3) is 0 Å². The maximum absolute atomic E-state index is 13.4. The van der Waals surface area contributed by atoms with Crippen LogP contribution in [-0.4, -0.2) is 40.4 Å². The number of rotatable bonds is 6. The van der Waals surface area contributed by atoms with Crippen LogP contribution in [0.2, 0.25) is 0 Å². The lowest BCUT2D eigenvalue weighted by atomic mass is 9.85. The second kappa shape index (κ2) is 8.44. The first-order valence-corrected chi connectivity index (χ1v) is 9.95. The standard InChI is InChI=1S/C22H25N5O3/c1-4-30-16-11-9-15(10-12-16)20-19(14(2)25-22-23-13-24-27(20)22)21(28)26-17-7-5-6-8-18(17)29-3/h5-14,19-20H,4H2,1-3H3,(H,26,28)(H,23,24,25)/t14-,19+,20-/m0/s1. The molecule has 1 aromatic heterocycles. The zero-order valence-electron chi connectivity index (χ0n) is 17.2. The molecule has 0 radical (unpaired) electrons. The molecule has 0 fully saturated rings. The minimum atomic E-state index is -0.429. The van der Waals surface area contributed by atoms with Gasteiger partial charge in [0.1, 0.15) is 17.8 Å². The zero-order valence-corrected chi connectivity index (χ0v) is 17.2. The van der Waals surface area contributed by atoms with Crippen LogP contribution in [0.1, 0.15) is 25.5 Å². The summed E-state index contributed by atoms with van der Waals surface area (Å²) in [6.07, 6.45) is 1.50. The summed E-state index contributed by atoms with van der Waals surface area (Å²) >= 11 is 0. The molecule has 0 spiro atoms. The van der Waals surface area contributed by atoms with Crippen LogP contribution in [-0.2, 0) is 4.79 Å². The summed E-state index contributed by atoms with van der Waals surface area (Å²) in [5, 5.41) is 10.7. The summed E-state index contributed by atoms with van der Waals surface area (Å²) in [5.41, 5.74) is 1.59. The van der Waals surface area contributed by atoms with Gasteiger partial charge in [0.05, 0.1) is 31.4 Å². The highest BCUT2D eigenvalue weighted by atomic mass is 16.5. The molecule has 1 amide bonds. The van der Waals surface area contributed by atoms with Gasteiger partial charge in [-0.2, -0.15) is 10.1 Å². The van der Waals surface area contributed by atoms with Crippen LogP contribution in [0, 0.1) is 5.92 Å². The molecule has 3 aromatic rings. The third-order valence-corrected chi connectivity index (χ3v) is 5.27. The molecule has 8 heteroatoms. The summed E-state index contributed by atoms with van der Waals surface area (Å²) in [4.78, 5) is 17.7. The van der Waals surface area contributed by atoms with Crippen LogP contribution < -0.4 is 20.1 Å². The van der Waals surface area contributed by atoms with E-state index in [0.717, 1.165) is 11.3 Å². The lowest BCUT2D eigenvalue weighted by molar-refractivity contribution is -0.121. The number of ether oxygens (including phenoxy) is 2. The number of nitrogens with zero attached hydrogens (tertiary/aromatic N) is 3. The first-order valence-electron chi connectivity index (χ1n) is 9.95. The Morgan fingerprint density at radius 1 is 1.20 bits per heavy atom. The number of benzene rings is 2. The maximum Gasteiger partial charge on any atom is 0.232 e. The van der Waals surface area contributed by atoms with E-state index in [2.05, 4.69) is 20.7 Å².